The molecule has 0 saturated heterocycles. The summed E-state index contributed by atoms with van der Waals surface area (Å²) in [6.07, 6.45) is -3.68. The van der Waals surface area contributed by atoms with Crippen LogP contribution in [0.1, 0.15) is 31.1 Å². The summed E-state index contributed by atoms with van der Waals surface area (Å²) in [5, 5.41) is 17.1. The molecule has 0 saturated carbocycles. The Bertz CT molecular complexity index is 1020. The molecule has 1 atom stereocenters. The first kappa shape index (κ1) is 20.8. The van der Waals surface area contributed by atoms with Crippen molar-refractivity contribution in [1.29, 1.82) is 0 Å². The number of halogens is 4. The highest BCUT2D eigenvalue weighted by Crippen LogP contribution is 2.38. The van der Waals surface area contributed by atoms with Crippen LogP contribution in [-0.4, -0.2) is 37.7 Å². The molecular formula is C18H19F4N5O2. The molecule has 0 amide bonds. The second-order valence-electron chi connectivity index (χ2n) is 7.22. The van der Waals surface area contributed by atoms with Gasteiger partial charge in [-0.05, 0) is 24.6 Å². The predicted molar refractivity (Wildman–Crippen MR) is 95.8 cm³/mol. The molecule has 0 bridgehead atoms. The van der Waals surface area contributed by atoms with Crippen LogP contribution in [0.4, 0.5) is 23.4 Å². The van der Waals surface area contributed by atoms with Crippen molar-refractivity contribution in [2.45, 2.75) is 33.2 Å². The zero-order valence-corrected chi connectivity index (χ0v) is 15.8. The van der Waals surface area contributed by atoms with Gasteiger partial charge >= 0.3 is 6.36 Å². The minimum Gasteiger partial charge on any atom is -0.403 e. The molecule has 3 rings (SSSR count). The fraction of sp³-hybridized carbons (Fsp3) is 0.389. The van der Waals surface area contributed by atoms with Gasteiger partial charge in [-0.15, -0.1) is 13.2 Å². The first-order valence-electron chi connectivity index (χ1n) is 8.60. The van der Waals surface area contributed by atoms with E-state index in [9.17, 15) is 22.7 Å². The number of alkyl halides is 3. The van der Waals surface area contributed by atoms with E-state index in [1.54, 1.807) is 26.8 Å². The second-order valence-corrected chi connectivity index (χ2v) is 7.22. The summed E-state index contributed by atoms with van der Waals surface area (Å²) in [5.74, 6) is -1.28. The number of aryl methyl sites for hydroxylation is 1. The number of anilines is 1. The van der Waals surface area contributed by atoms with E-state index >= 15 is 0 Å². The number of hydrogen-bond acceptors (Lipinski definition) is 6. The average molecular weight is 413 g/mol. The van der Waals surface area contributed by atoms with E-state index in [-0.39, 0.29) is 6.61 Å². The lowest BCUT2D eigenvalue weighted by molar-refractivity contribution is -0.275. The second kappa shape index (κ2) is 7.47. The van der Waals surface area contributed by atoms with Crippen molar-refractivity contribution < 1.29 is 27.4 Å². The van der Waals surface area contributed by atoms with Crippen molar-refractivity contribution in [2.75, 3.05) is 11.9 Å². The Kier molecular flexibility index (Phi) is 5.35. The highest BCUT2D eigenvalue weighted by molar-refractivity contribution is 5.47. The van der Waals surface area contributed by atoms with Gasteiger partial charge in [-0.25, -0.2) is 9.37 Å². The molecule has 11 heteroatoms. The Morgan fingerprint density at radius 1 is 1.24 bits per heavy atom. The third-order valence-electron chi connectivity index (χ3n) is 4.38. The van der Waals surface area contributed by atoms with E-state index in [2.05, 4.69) is 25.1 Å². The number of nitrogens with one attached hydrogen (secondary N) is 1. The molecular weight excluding hydrogens is 394 g/mol. The number of rotatable bonds is 6. The maximum absolute atomic E-state index is 14.3. The minimum absolute atomic E-state index is 0.280. The number of aromatic nitrogens is 4. The molecule has 1 unspecified atom stereocenters. The van der Waals surface area contributed by atoms with E-state index < -0.39 is 29.4 Å². The van der Waals surface area contributed by atoms with Crippen LogP contribution in [0.25, 0.3) is 5.78 Å². The van der Waals surface area contributed by atoms with Crippen LogP contribution >= 0.6 is 0 Å². The molecule has 3 aromatic rings. The van der Waals surface area contributed by atoms with Crippen LogP contribution in [0.2, 0.25) is 0 Å². The molecule has 2 N–H and O–H groups in total. The highest BCUT2D eigenvalue weighted by Gasteiger charge is 2.34. The van der Waals surface area contributed by atoms with Crippen LogP contribution in [0.3, 0.4) is 0 Å². The first-order chi connectivity index (χ1) is 13.5. The van der Waals surface area contributed by atoms with Gasteiger partial charge in [0.25, 0.3) is 5.78 Å². The van der Waals surface area contributed by atoms with Crippen molar-refractivity contribution >= 4 is 11.6 Å². The number of benzene rings is 1. The zero-order valence-electron chi connectivity index (χ0n) is 15.8. The molecule has 1 aromatic carbocycles. The molecule has 0 fully saturated rings. The minimum atomic E-state index is -5.00. The van der Waals surface area contributed by atoms with Crippen molar-refractivity contribution in [1.82, 2.24) is 19.6 Å². The van der Waals surface area contributed by atoms with Gasteiger partial charge in [0.2, 0.25) is 0 Å². The smallest absolute Gasteiger partial charge is 0.403 e. The van der Waals surface area contributed by atoms with E-state index in [0.717, 1.165) is 12.1 Å². The largest absolute Gasteiger partial charge is 0.573 e. The zero-order chi connectivity index (χ0) is 21.4. The normalized spacial score (nSPS) is 13.5. The summed E-state index contributed by atoms with van der Waals surface area (Å²) < 4.78 is 56.6. The fourth-order valence-electron chi connectivity index (χ4n) is 2.91. The lowest BCUT2D eigenvalue weighted by atomic mass is 9.81. The topological polar surface area (TPSA) is 84.6 Å². The molecule has 0 aliphatic rings. The molecule has 2 aromatic heterocycles. The van der Waals surface area contributed by atoms with Gasteiger partial charge in [-0.3, -0.25) is 0 Å². The standard InChI is InChI=1S/C18H19F4N5O2/c1-10-6-14(27-16(25-10)23-9-24-27)26-15(17(2,3)8-28)11-4-5-13(12(19)7-11)29-18(20,21)22/h4-7,9,15,26,28H,8H2,1-3H3. The van der Waals surface area contributed by atoms with Crippen molar-refractivity contribution in [3.05, 3.63) is 47.7 Å². The monoisotopic (exact) mass is 413 g/mol. The number of fused-ring (bicyclic) bond motifs is 1. The Labute approximate surface area is 163 Å². The number of hydrogen-bond donors (Lipinski definition) is 2. The SMILES string of the molecule is Cc1cc(NC(c2ccc(OC(F)(F)F)c(F)c2)C(C)(C)CO)n2ncnc2n1. The summed E-state index contributed by atoms with van der Waals surface area (Å²) in [4.78, 5) is 8.27. The fourth-order valence-corrected chi connectivity index (χ4v) is 2.91. The summed E-state index contributed by atoms with van der Waals surface area (Å²) in [7, 11) is 0. The summed E-state index contributed by atoms with van der Waals surface area (Å²) >= 11 is 0. The molecule has 0 aliphatic carbocycles. The summed E-state index contributed by atoms with van der Waals surface area (Å²) in [6.45, 7) is 4.94. The first-order valence-corrected chi connectivity index (χ1v) is 8.60. The number of aliphatic hydroxyl groups is 1. The lowest BCUT2D eigenvalue weighted by Crippen LogP contribution is -2.32. The highest BCUT2D eigenvalue weighted by atomic mass is 19.4. The van der Waals surface area contributed by atoms with Gasteiger partial charge in [-0.1, -0.05) is 19.9 Å². The van der Waals surface area contributed by atoms with Crippen LogP contribution in [0.15, 0.2) is 30.6 Å². The number of ether oxygens (including phenoxy) is 1. The van der Waals surface area contributed by atoms with E-state index in [1.807, 2.05) is 0 Å². The summed E-state index contributed by atoms with van der Waals surface area (Å²) in [6, 6.07) is 4.17. The van der Waals surface area contributed by atoms with Gasteiger partial charge in [0.1, 0.15) is 12.1 Å². The van der Waals surface area contributed by atoms with Gasteiger partial charge in [0.05, 0.1) is 12.6 Å². The van der Waals surface area contributed by atoms with E-state index in [4.69, 9.17) is 0 Å². The molecule has 0 radical (unpaired) electrons. The van der Waals surface area contributed by atoms with Crippen molar-refractivity contribution in [2.24, 2.45) is 5.41 Å². The molecule has 0 aliphatic heterocycles. The summed E-state index contributed by atoms with van der Waals surface area (Å²) in [5.41, 5.74) is 0.149. The Balaban J connectivity index is 2.02. The third-order valence-corrected chi connectivity index (χ3v) is 4.38. The number of aliphatic hydroxyl groups excluding tert-OH is 1. The van der Waals surface area contributed by atoms with Crippen molar-refractivity contribution in [3.8, 4) is 5.75 Å². The molecule has 156 valence electrons. The van der Waals surface area contributed by atoms with E-state index in [0.29, 0.717) is 22.9 Å². The van der Waals surface area contributed by atoms with Gasteiger partial charge < -0.3 is 15.2 Å². The van der Waals surface area contributed by atoms with Crippen LogP contribution in [0.5, 0.6) is 5.75 Å². The third kappa shape index (κ3) is 4.56. The maximum atomic E-state index is 14.3. The van der Waals surface area contributed by atoms with Gasteiger partial charge in [0.15, 0.2) is 11.6 Å². The quantitative estimate of drug-likeness (QED) is 0.601. The van der Waals surface area contributed by atoms with Crippen molar-refractivity contribution in [3.63, 3.8) is 0 Å². The van der Waals surface area contributed by atoms with Crippen LogP contribution in [-0.2, 0) is 0 Å². The average Bonchev–Trinajstić information content (AvgIpc) is 3.08. The van der Waals surface area contributed by atoms with Crippen LogP contribution in [0, 0.1) is 18.2 Å². The lowest BCUT2D eigenvalue weighted by Gasteiger charge is -2.34. The predicted octanol–water partition coefficient (Wildman–Crippen LogP) is 3.64. The maximum Gasteiger partial charge on any atom is 0.573 e. The molecule has 2 heterocycles. The van der Waals surface area contributed by atoms with Gasteiger partial charge in [0, 0.05) is 17.2 Å². The Morgan fingerprint density at radius 2 is 1.97 bits per heavy atom. The number of nitrogens with zero attached hydrogens (tertiary/aromatic N) is 4. The molecule has 0 spiro atoms. The Hall–Kier alpha value is -2.95. The molecule has 29 heavy (non-hydrogen) atoms. The molecule has 7 nitrogen and oxygen atoms in total. The van der Waals surface area contributed by atoms with Gasteiger partial charge in [-0.2, -0.15) is 14.6 Å². The Morgan fingerprint density at radius 3 is 2.59 bits per heavy atom. The van der Waals surface area contributed by atoms with E-state index in [1.165, 1.54) is 16.9 Å². The van der Waals surface area contributed by atoms with Crippen LogP contribution < -0.4 is 10.1 Å².